The van der Waals surface area contributed by atoms with Gasteiger partial charge in [-0.15, -0.1) is 11.3 Å². The van der Waals surface area contributed by atoms with Crippen molar-refractivity contribution in [1.29, 1.82) is 0 Å². The number of rotatable bonds is 4. The van der Waals surface area contributed by atoms with Gasteiger partial charge in [0.1, 0.15) is 0 Å². The number of hydrogen-bond donors (Lipinski definition) is 2. The summed E-state index contributed by atoms with van der Waals surface area (Å²) >= 11 is 2.55. The van der Waals surface area contributed by atoms with Gasteiger partial charge in [-0.25, -0.2) is 4.98 Å². The maximum atomic E-state index is 12.6. The maximum absolute atomic E-state index is 12.6. The van der Waals surface area contributed by atoms with E-state index in [9.17, 15) is 19.7 Å². The van der Waals surface area contributed by atoms with Gasteiger partial charge in [-0.2, -0.15) is 0 Å². The molecule has 4 rings (SSSR count). The summed E-state index contributed by atoms with van der Waals surface area (Å²) in [6, 6.07) is 11.4. The number of nitro groups is 1. The second-order valence-corrected chi connectivity index (χ2v) is 8.04. The third-order valence-electron chi connectivity index (χ3n) is 3.86. The average Bonchev–Trinajstić information content (AvgIpc) is 3.23. The lowest BCUT2D eigenvalue weighted by molar-refractivity contribution is -0.384. The molecule has 8 nitrogen and oxygen atoms in total. The van der Waals surface area contributed by atoms with Crippen LogP contribution < -0.4 is 10.6 Å². The summed E-state index contributed by atoms with van der Waals surface area (Å²) in [7, 11) is 0. The van der Waals surface area contributed by atoms with Gasteiger partial charge in [0.25, 0.3) is 11.6 Å². The lowest BCUT2D eigenvalue weighted by Crippen LogP contribution is -2.09. The summed E-state index contributed by atoms with van der Waals surface area (Å²) in [6.45, 7) is 1.43. The number of thiazole rings is 1. The number of nitrogens with one attached hydrogen (secondary N) is 2. The lowest BCUT2D eigenvalue weighted by atomic mass is 10.2. The first kappa shape index (κ1) is 18.0. The van der Waals surface area contributed by atoms with E-state index in [0.717, 1.165) is 9.40 Å². The van der Waals surface area contributed by atoms with Crippen LogP contribution >= 0.6 is 22.7 Å². The van der Waals surface area contributed by atoms with Crippen LogP contribution in [0.3, 0.4) is 0 Å². The van der Waals surface area contributed by atoms with Crippen molar-refractivity contribution in [2.75, 3.05) is 10.6 Å². The quantitative estimate of drug-likeness (QED) is 0.375. The standard InChI is InChI=1S/C18H12N4O4S2/c1-9(23)19-11-2-4-13-15(8-11)28-18(20-13)21-17(24)16-7-10-6-12(22(25)26)3-5-14(10)27-16/h2-8H,1H3,(H,19,23)(H,20,21,24). The van der Waals surface area contributed by atoms with Crippen LogP contribution in [0.2, 0.25) is 0 Å². The van der Waals surface area contributed by atoms with E-state index in [1.807, 2.05) is 0 Å². The number of benzene rings is 2. The highest BCUT2D eigenvalue weighted by molar-refractivity contribution is 7.23. The molecule has 0 saturated heterocycles. The van der Waals surface area contributed by atoms with Crippen molar-refractivity contribution < 1.29 is 14.5 Å². The minimum atomic E-state index is -0.465. The molecule has 0 aliphatic carbocycles. The monoisotopic (exact) mass is 412 g/mol. The molecule has 2 aromatic heterocycles. The van der Waals surface area contributed by atoms with Crippen LogP contribution in [0.15, 0.2) is 42.5 Å². The lowest BCUT2D eigenvalue weighted by Gasteiger charge is -1.99. The van der Waals surface area contributed by atoms with Gasteiger partial charge in [-0.1, -0.05) is 11.3 Å². The van der Waals surface area contributed by atoms with Crippen LogP contribution in [0.25, 0.3) is 20.3 Å². The highest BCUT2D eigenvalue weighted by atomic mass is 32.1. The first-order valence-corrected chi connectivity index (χ1v) is 9.70. The highest BCUT2D eigenvalue weighted by Gasteiger charge is 2.15. The molecule has 2 amide bonds. The molecule has 10 heteroatoms. The van der Waals surface area contributed by atoms with Crippen molar-refractivity contribution in [3.8, 4) is 0 Å². The molecular weight excluding hydrogens is 400 g/mol. The van der Waals surface area contributed by atoms with E-state index in [1.165, 1.54) is 41.7 Å². The molecule has 0 unspecified atom stereocenters. The molecule has 0 aliphatic rings. The van der Waals surface area contributed by atoms with Gasteiger partial charge in [0, 0.05) is 34.8 Å². The number of hydrogen-bond acceptors (Lipinski definition) is 7. The molecule has 0 bridgehead atoms. The maximum Gasteiger partial charge on any atom is 0.270 e. The van der Waals surface area contributed by atoms with Crippen LogP contribution in [0, 0.1) is 10.1 Å². The van der Waals surface area contributed by atoms with Crippen LogP contribution in [-0.4, -0.2) is 21.7 Å². The molecule has 2 N–H and O–H groups in total. The number of aromatic nitrogens is 1. The minimum Gasteiger partial charge on any atom is -0.326 e. The summed E-state index contributed by atoms with van der Waals surface area (Å²) in [5, 5.41) is 17.4. The Bertz CT molecular complexity index is 1260. The van der Waals surface area contributed by atoms with Crippen LogP contribution in [-0.2, 0) is 4.79 Å². The number of thiophene rings is 1. The molecule has 28 heavy (non-hydrogen) atoms. The highest BCUT2D eigenvalue weighted by Crippen LogP contribution is 2.31. The van der Waals surface area contributed by atoms with Gasteiger partial charge >= 0.3 is 0 Å². The number of carbonyl (C=O) groups excluding carboxylic acids is 2. The zero-order valence-corrected chi connectivity index (χ0v) is 16.0. The second-order valence-electron chi connectivity index (χ2n) is 5.93. The summed E-state index contributed by atoms with van der Waals surface area (Å²) < 4.78 is 1.62. The second kappa shape index (κ2) is 6.98. The van der Waals surface area contributed by atoms with Gasteiger partial charge in [-0.05, 0) is 30.3 Å². The topological polar surface area (TPSA) is 114 Å². The molecule has 0 radical (unpaired) electrons. The Kier molecular flexibility index (Phi) is 4.49. The average molecular weight is 412 g/mol. The SMILES string of the molecule is CC(=O)Nc1ccc2nc(NC(=O)c3cc4cc([N+](=O)[O-])ccc4s3)sc2c1. The number of non-ortho nitro benzene ring substituents is 1. The molecule has 0 atom stereocenters. The summed E-state index contributed by atoms with van der Waals surface area (Å²) in [5.74, 6) is -0.493. The van der Waals surface area contributed by atoms with Gasteiger partial charge in [0.15, 0.2) is 5.13 Å². The van der Waals surface area contributed by atoms with Crippen molar-refractivity contribution in [3.05, 3.63) is 57.5 Å². The largest absolute Gasteiger partial charge is 0.326 e. The van der Waals surface area contributed by atoms with E-state index in [-0.39, 0.29) is 17.5 Å². The van der Waals surface area contributed by atoms with Crippen molar-refractivity contribution in [1.82, 2.24) is 4.98 Å². The van der Waals surface area contributed by atoms with Gasteiger partial charge in [-0.3, -0.25) is 25.0 Å². The van der Waals surface area contributed by atoms with Crippen LogP contribution in [0.5, 0.6) is 0 Å². The predicted octanol–water partition coefficient (Wildman–Crippen LogP) is 4.63. The Morgan fingerprint density at radius 1 is 1.04 bits per heavy atom. The van der Waals surface area contributed by atoms with Crippen LogP contribution in [0.1, 0.15) is 16.6 Å². The van der Waals surface area contributed by atoms with E-state index < -0.39 is 4.92 Å². The van der Waals surface area contributed by atoms with Crippen molar-refractivity contribution in [2.45, 2.75) is 6.92 Å². The van der Waals surface area contributed by atoms with Crippen molar-refractivity contribution >= 4 is 71.3 Å². The molecule has 140 valence electrons. The fourth-order valence-electron chi connectivity index (χ4n) is 2.67. The normalized spacial score (nSPS) is 10.9. The zero-order valence-electron chi connectivity index (χ0n) is 14.4. The Labute approximate surface area is 166 Å². The fourth-order valence-corrected chi connectivity index (χ4v) is 4.51. The Hall–Kier alpha value is -3.37. The molecule has 0 saturated carbocycles. The minimum absolute atomic E-state index is 0.0154. The number of amides is 2. The molecule has 4 aromatic rings. The number of carbonyl (C=O) groups is 2. The Morgan fingerprint density at radius 2 is 1.86 bits per heavy atom. The zero-order chi connectivity index (χ0) is 19.8. The number of anilines is 2. The summed E-state index contributed by atoms with van der Waals surface area (Å²) in [4.78, 5) is 39.0. The first-order chi connectivity index (χ1) is 13.4. The third kappa shape index (κ3) is 3.55. The molecule has 0 spiro atoms. The number of nitro benzene ring substituents is 1. The molecule has 0 fully saturated rings. The van der Waals surface area contributed by atoms with Crippen molar-refractivity contribution in [2.24, 2.45) is 0 Å². The van der Waals surface area contributed by atoms with Crippen LogP contribution in [0.4, 0.5) is 16.5 Å². The molecular formula is C18H12N4O4S2. The number of fused-ring (bicyclic) bond motifs is 2. The van der Waals surface area contributed by atoms with Gasteiger partial charge in [0.2, 0.25) is 5.91 Å². The number of nitrogens with zero attached hydrogens (tertiary/aromatic N) is 2. The molecule has 2 aromatic carbocycles. The molecule has 2 heterocycles. The van der Waals surface area contributed by atoms with E-state index in [0.29, 0.717) is 26.6 Å². The molecule has 0 aliphatic heterocycles. The smallest absolute Gasteiger partial charge is 0.270 e. The third-order valence-corrected chi connectivity index (χ3v) is 5.91. The van der Waals surface area contributed by atoms with E-state index in [2.05, 4.69) is 15.6 Å². The van der Waals surface area contributed by atoms with Gasteiger partial charge in [0.05, 0.1) is 20.0 Å². The van der Waals surface area contributed by atoms with Gasteiger partial charge < -0.3 is 5.32 Å². The Morgan fingerprint density at radius 3 is 2.61 bits per heavy atom. The Balaban J connectivity index is 1.58. The predicted molar refractivity (Wildman–Crippen MR) is 110 cm³/mol. The van der Waals surface area contributed by atoms with E-state index in [1.54, 1.807) is 30.3 Å². The first-order valence-electron chi connectivity index (χ1n) is 8.06. The van der Waals surface area contributed by atoms with E-state index in [4.69, 9.17) is 0 Å². The fraction of sp³-hybridized carbons (Fsp3) is 0.0556. The summed E-state index contributed by atoms with van der Waals surface area (Å²) in [6.07, 6.45) is 0. The van der Waals surface area contributed by atoms with E-state index >= 15 is 0 Å². The summed E-state index contributed by atoms with van der Waals surface area (Å²) in [5.41, 5.74) is 1.35. The van der Waals surface area contributed by atoms with Crippen molar-refractivity contribution in [3.63, 3.8) is 0 Å².